The minimum atomic E-state index is -4.70. The van der Waals surface area contributed by atoms with E-state index in [1.165, 1.54) is 10.8 Å². The molecule has 0 saturated heterocycles. The zero-order valence-corrected chi connectivity index (χ0v) is 11.4. The van der Waals surface area contributed by atoms with E-state index in [4.69, 9.17) is 5.11 Å². The molecule has 1 rings (SSSR count). The maximum atomic E-state index is 12.3. The number of aliphatic hydroxyl groups excluding tert-OH is 1. The van der Waals surface area contributed by atoms with Crippen LogP contribution in [0.15, 0.2) is 18.5 Å². The number of hydrogen-bond acceptors (Lipinski definition) is 2. The molecule has 1 unspecified atom stereocenters. The Labute approximate surface area is 115 Å². The number of rotatable bonds is 6. The third kappa shape index (κ3) is 4.56. The summed E-state index contributed by atoms with van der Waals surface area (Å²) in [7, 11) is 0. The van der Waals surface area contributed by atoms with E-state index in [1.54, 1.807) is 0 Å². The molecule has 1 aromatic rings. The second-order valence-electron chi connectivity index (χ2n) is 4.64. The Kier molecular flexibility index (Phi) is 5.62. The number of carbonyl (C=O) groups excluding carboxylic acids is 1. The molecule has 20 heavy (non-hydrogen) atoms. The fourth-order valence-corrected chi connectivity index (χ4v) is 1.84. The number of alkyl halides is 3. The van der Waals surface area contributed by atoms with E-state index < -0.39 is 12.3 Å². The van der Waals surface area contributed by atoms with E-state index >= 15 is 0 Å². The summed E-state index contributed by atoms with van der Waals surface area (Å²) in [5.74, 6) is -0.262. The Morgan fingerprint density at radius 1 is 1.40 bits per heavy atom. The lowest BCUT2D eigenvalue weighted by Crippen LogP contribution is -2.36. The van der Waals surface area contributed by atoms with Gasteiger partial charge in [-0.3, -0.25) is 4.79 Å². The Morgan fingerprint density at radius 3 is 2.50 bits per heavy atom. The number of aromatic nitrogens is 1. The largest absolute Gasteiger partial charge is 0.418 e. The zero-order chi connectivity index (χ0) is 15.3. The van der Waals surface area contributed by atoms with Crippen LogP contribution in [0.5, 0.6) is 0 Å². The number of nitrogens with one attached hydrogen (secondary N) is 1. The van der Waals surface area contributed by atoms with E-state index in [1.807, 2.05) is 13.8 Å². The van der Waals surface area contributed by atoms with Crippen molar-refractivity contribution in [2.45, 2.75) is 51.6 Å². The average molecular weight is 292 g/mol. The first-order valence-corrected chi connectivity index (χ1v) is 6.47. The predicted molar refractivity (Wildman–Crippen MR) is 68.0 cm³/mol. The first-order valence-electron chi connectivity index (χ1n) is 6.47. The van der Waals surface area contributed by atoms with Crippen molar-refractivity contribution >= 4 is 5.91 Å². The van der Waals surface area contributed by atoms with Crippen LogP contribution >= 0.6 is 0 Å². The molecule has 0 aliphatic carbocycles. The summed E-state index contributed by atoms with van der Waals surface area (Å²) in [4.78, 5) is 11.7. The van der Waals surface area contributed by atoms with E-state index in [0.717, 1.165) is 25.1 Å². The van der Waals surface area contributed by atoms with Crippen molar-refractivity contribution in [3.05, 3.63) is 24.0 Å². The van der Waals surface area contributed by atoms with Crippen LogP contribution in [0.4, 0.5) is 13.2 Å². The second-order valence-corrected chi connectivity index (χ2v) is 4.64. The van der Waals surface area contributed by atoms with Crippen LogP contribution in [0.25, 0.3) is 0 Å². The average Bonchev–Trinajstić information content (AvgIpc) is 2.82. The molecule has 1 amide bonds. The van der Waals surface area contributed by atoms with Gasteiger partial charge in [-0.2, -0.15) is 13.2 Å². The summed E-state index contributed by atoms with van der Waals surface area (Å²) in [5, 5.41) is 11.9. The van der Waals surface area contributed by atoms with Crippen LogP contribution in [-0.2, 0) is 11.3 Å². The van der Waals surface area contributed by atoms with Crippen molar-refractivity contribution < 1.29 is 23.1 Å². The molecular weight excluding hydrogens is 273 g/mol. The fourth-order valence-electron chi connectivity index (χ4n) is 1.84. The van der Waals surface area contributed by atoms with Crippen molar-refractivity contribution in [2.24, 2.45) is 0 Å². The number of nitrogens with zero attached hydrogens (tertiary/aromatic N) is 1. The molecule has 0 aliphatic heterocycles. The van der Waals surface area contributed by atoms with Gasteiger partial charge >= 0.3 is 6.18 Å². The van der Waals surface area contributed by atoms with E-state index in [2.05, 4.69) is 5.32 Å². The summed E-state index contributed by atoms with van der Waals surface area (Å²) in [6.07, 6.45) is -3.16. The minimum absolute atomic E-state index is 0.0679. The van der Waals surface area contributed by atoms with Crippen LogP contribution < -0.4 is 5.32 Å². The van der Waals surface area contributed by atoms with Gasteiger partial charge in [-0.25, -0.2) is 0 Å². The van der Waals surface area contributed by atoms with Crippen molar-refractivity contribution in [1.29, 1.82) is 0 Å². The Hall–Kier alpha value is -1.50. The molecule has 0 radical (unpaired) electrons. The van der Waals surface area contributed by atoms with E-state index in [0.29, 0.717) is 0 Å². The number of hydrogen-bond donors (Lipinski definition) is 2. The van der Waals surface area contributed by atoms with Gasteiger partial charge in [0, 0.05) is 24.0 Å². The quantitative estimate of drug-likeness (QED) is 0.846. The fraction of sp³-hybridized carbons (Fsp3) is 0.615. The highest BCUT2D eigenvalue weighted by Gasteiger charge is 2.39. The standard InChI is InChI=1S/C13H19F3N2O2/c1-3-10(4-2)17-11(19)8-18-6-5-9(7-18)12(20)13(14,15)16/h5-7,10,12,20H,3-4,8H2,1-2H3,(H,17,19). The van der Waals surface area contributed by atoms with E-state index in [9.17, 15) is 18.0 Å². The lowest BCUT2D eigenvalue weighted by atomic mass is 10.2. The number of halogens is 3. The molecular formula is C13H19F3N2O2. The molecule has 7 heteroatoms. The van der Waals surface area contributed by atoms with Gasteiger partial charge in [-0.05, 0) is 18.9 Å². The highest BCUT2D eigenvalue weighted by atomic mass is 19.4. The van der Waals surface area contributed by atoms with E-state index in [-0.39, 0.29) is 24.1 Å². The molecule has 0 saturated carbocycles. The van der Waals surface area contributed by atoms with Crippen LogP contribution in [0, 0.1) is 0 Å². The highest BCUT2D eigenvalue weighted by molar-refractivity contribution is 5.76. The van der Waals surface area contributed by atoms with Crippen LogP contribution in [0.3, 0.4) is 0 Å². The maximum absolute atomic E-state index is 12.3. The van der Waals surface area contributed by atoms with Gasteiger partial charge < -0.3 is 15.0 Å². The third-order valence-corrected chi connectivity index (χ3v) is 3.08. The van der Waals surface area contributed by atoms with Gasteiger partial charge in [-0.15, -0.1) is 0 Å². The van der Waals surface area contributed by atoms with Gasteiger partial charge in [0.05, 0.1) is 0 Å². The summed E-state index contributed by atoms with van der Waals surface area (Å²) < 4.78 is 38.3. The molecule has 4 nitrogen and oxygen atoms in total. The van der Waals surface area contributed by atoms with Crippen molar-refractivity contribution in [2.75, 3.05) is 0 Å². The lowest BCUT2D eigenvalue weighted by Gasteiger charge is -2.15. The molecule has 2 N–H and O–H groups in total. The second kappa shape index (κ2) is 6.78. The van der Waals surface area contributed by atoms with Crippen molar-refractivity contribution in [3.8, 4) is 0 Å². The SMILES string of the molecule is CCC(CC)NC(=O)Cn1ccc(C(O)C(F)(F)F)c1. The molecule has 0 fully saturated rings. The molecule has 1 aromatic heterocycles. The van der Waals surface area contributed by atoms with Crippen molar-refractivity contribution in [3.63, 3.8) is 0 Å². The van der Waals surface area contributed by atoms with Gasteiger partial charge in [0.2, 0.25) is 5.91 Å². The number of aliphatic hydroxyl groups is 1. The molecule has 1 heterocycles. The summed E-state index contributed by atoms with van der Waals surface area (Å²) >= 11 is 0. The zero-order valence-electron chi connectivity index (χ0n) is 11.4. The summed E-state index contributed by atoms with van der Waals surface area (Å²) in [6.45, 7) is 3.82. The van der Waals surface area contributed by atoms with Gasteiger partial charge in [0.25, 0.3) is 0 Å². The van der Waals surface area contributed by atoms with Crippen molar-refractivity contribution in [1.82, 2.24) is 9.88 Å². The molecule has 0 aliphatic rings. The third-order valence-electron chi connectivity index (χ3n) is 3.08. The normalized spacial score (nSPS) is 13.6. The van der Waals surface area contributed by atoms with Gasteiger partial charge in [0.1, 0.15) is 6.54 Å². The lowest BCUT2D eigenvalue weighted by molar-refractivity contribution is -0.206. The molecule has 0 aromatic carbocycles. The summed E-state index contributed by atoms with van der Waals surface area (Å²) in [6, 6.07) is 1.22. The highest BCUT2D eigenvalue weighted by Crippen LogP contribution is 2.32. The molecule has 0 spiro atoms. The molecule has 114 valence electrons. The predicted octanol–water partition coefficient (Wildman–Crippen LogP) is 2.39. The number of amides is 1. The van der Waals surface area contributed by atoms with Crippen LogP contribution in [0.1, 0.15) is 38.4 Å². The molecule has 0 bridgehead atoms. The Bertz CT molecular complexity index is 439. The smallest absolute Gasteiger partial charge is 0.379 e. The minimum Gasteiger partial charge on any atom is -0.379 e. The summed E-state index contributed by atoms with van der Waals surface area (Å²) in [5.41, 5.74) is -0.271. The Morgan fingerprint density at radius 2 is 2.00 bits per heavy atom. The van der Waals surface area contributed by atoms with Gasteiger partial charge in [-0.1, -0.05) is 13.8 Å². The topological polar surface area (TPSA) is 54.3 Å². The first-order chi connectivity index (χ1) is 9.27. The monoisotopic (exact) mass is 292 g/mol. The number of carbonyl (C=O) groups is 1. The Balaban J connectivity index is 2.62. The van der Waals surface area contributed by atoms with Gasteiger partial charge in [0.15, 0.2) is 6.10 Å². The van der Waals surface area contributed by atoms with Crippen LogP contribution in [-0.4, -0.2) is 27.8 Å². The maximum Gasteiger partial charge on any atom is 0.418 e. The van der Waals surface area contributed by atoms with Crippen LogP contribution in [0.2, 0.25) is 0 Å². The molecule has 1 atom stereocenters. The first kappa shape index (κ1) is 16.6.